The van der Waals surface area contributed by atoms with Crippen molar-refractivity contribution in [3.05, 3.63) is 54.2 Å². The van der Waals surface area contributed by atoms with E-state index in [0.717, 1.165) is 21.8 Å². The number of nitro groups is 1. The number of nitro benzene ring substituents is 1. The molecule has 1 N–H and O–H groups in total. The summed E-state index contributed by atoms with van der Waals surface area (Å²) >= 11 is 14.6. The molecule has 3 aromatic rings. The van der Waals surface area contributed by atoms with Crippen LogP contribution in [0.4, 0.5) is 10.7 Å². The summed E-state index contributed by atoms with van der Waals surface area (Å²) in [5.41, 5.74) is 1.29. The molecule has 1 amide bonds. The van der Waals surface area contributed by atoms with Gasteiger partial charge in [-0.25, -0.2) is 4.79 Å². The zero-order valence-corrected chi connectivity index (χ0v) is 22.3. The molecule has 2 aromatic heterocycles. The molecule has 0 saturated carbocycles. The van der Waals surface area contributed by atoms with Crippen LogP contribution in [-0.4, -0.2) is 65.0 Å². The third-order valence-electron chi connectivity index (χ3n) is 5.87. The Hall–Kier alpha value is -2.80. The quantitative estimate of drug-likeness (QED) is 0.207. The third-order valence-corrected chi connectivity index (χ3v) is 9.00. The van der Waals surface area contributed by atoms with Crippen molar-refractivity contribution in [2.75, 3.05) is 38.6 Å². The van der Waals surface area contributed by atoms with Crippen molar-refractivity contribution < 1.29 is 19.2 Å². The lowest BCUT2D eigenvalue weighted by atomic mass is 10.1. The number of rotatable bonds is 4. The minimum atomic E-state index is -0.475. The van der Waals surface area contributed by atoms with Crippen molar-refractivity contribution in [2.45, 2.75) is 13.8 Å². The Balaban J connectivity index is 1.44. The lowest BCUT2D eigenvalue weighted by Gasteiger charge is -2.36. The predicted octanol–water partition coefficient (Wildman–Crippen LogP) is 5.08. The second-order valence-corrected chi connectivity index (χ2v) is 10.9. The van der Waals surface area contributed by atoms with Gasteiger partial charge in [-0.15, -0.1) is 22.7 Å². The minimum Gasteiger partial charge on any atom is -0.465 e. The largest absolute Gasteiger partial charge is 0.465 e. The zero-order chi connectivity index (χ0) is 25.4. The summed E-state index contributed by atoms with van der Waals surface area (Å²) in [6.07, 6.45) is 0. The van der Waals surface area contributed by atoms with E-state index < -0.39 is 10.9 Å². The number of thiocarbonyl (C=S) groups is 1. The van der Waals surface area contributed by atoms with E-state index in [9.17, 15) is 19.7 Å². The van der Waals surface area contributed by atoms with Crippen LogP contribution in [-0.2, 0) is 4.74 Å². The molecule has 9 nitrogen and oxygen atoms in total. The highest BCUT2D eigenvalue weighted by molar-refractivity contribution is 7.80. The number of benzene rings is 1. The lowest BCUT2D eigenvalue weighted by molar-refractivity contribution is -0.384. The second-order valence-electron chi connectivity index (χ2n) is 7.87. The Labute approximate surface area is 219 Å². The molecule has 0 aliphatic carbocycles. The van der Waals surface area contributed by atoms with Crippen LogP contribution in [0.25, 0.3) is 10.1 Å². The number of piperazine rings is 1. The first-order valence-corrected chi connectivity index (χ1v) is 12.9. The summed E-state index contributed by atoms with van der Waals surface area (Å²) in [4.78, 5) is 41.0. The number of hydrogen-bond acceptors (Lipinski definition) is 8. The molecule has 35 heavy (non-hydrogen) atoms. The van der Waals surface area contributed by atoms with Gasteiger partial charge in [0.15, 0.2) is 5.11 Å². The van der Waals surface area contributed by atoms with E-state index in [1.165, 1.54) is 30.6 Å². The number of hydrogen-bond donors (Lipinski definition) is 1. The van der Waals surface area contributed by atoms with E-state index >= 15 is 0 Å². The second kappa shape index (κ2) is 10.1. The molecule has 13 heteroatoms. The predicted molar refractivity (Wildman–Crippen MR) is 142 cm³/mol. The molecule has 1 saturated heterocycles. The molecule has 1 fully saturated rings. The van der Waals surface area contributed by atoms with Crippen molar-refractivity contribution in [1.29, 1.82) is 0 Å². The molecule has 0 bridgehead atoms. The number of aryl methyl sites for hydroxylation is 1. The summed E-state index contributed by atoms with van der Waals surface area (Å²) in [6, 6.07) is 4.38. The number of nitrogens with zero attached hydrogens (tertiary/aromatic N) is 3. The number of fused-ring (bicyclic) bond motifs is 1. The number of carbonyl (C=O) groups excluding carboxylic acids is 2. The average molecular weight is 553 g/mol. The molecule has 3 heterocycles. The van der Waals surface area contributed by atoms with Gasteiger partial charge in [0.05, 0.1) is 22.6 Å². The van der Waals surface area contributed by atoms with Crippen molar-refractivity contribution in [1.82, 2.24) is 9.80 Å². The van der Waals surface area contributed by atoms with Crippen LogP contribution < -0.4 is 5.32 Å². The molecular formula is C22H21ClN4O5S3. The average Bonchev–Trinajstić information content (AvgIpc) is 3.33. The Morgan fingerprint density at radius 3 is 2.46 bits per heavy atom. The van der Waals surface area contributed by atoms with Gasteiger partial charge in [-0.3, -0.25) is 14.9 Å². The van der Waals surface area contributed by atoms with Gasteiger partial charge in [-0.05, 0) is 37.7 Å². The van der Waals surface area contributed by atoms with Crippen LogP contribution in [0.3, 0.4) is 0 Å². The van der Waals surface area contributed by atoms with Crippen molar-refractivity contribution in [3.8, 4) is 0 Å². The molecule has 1 aliphatic heterocycles. The number of amides is 1. The number of esters is 1. The monoisotopic (exact) mass is 552 g/mol. The smallest absolute Gasteiger partial charge is 0.341 e. The van der Waals surface area contributed by atoms with Gasteiger partial charge < -0.3 is 19.9 Å². The standard InChI is InChI=1S/C22H21ClN4O5S3/c1-11-12(2)34-19(16(11)21(29)32-3)24-22(33)26-8-6-25(7-9-26)20(28)18-17(23)14-5-4-13(27(30)31)10-15(14)35-18/h4-5,10H,6-9H2,1-3H3,(H,24,33). The summed E-state index contributed by atoms with van der Waals surface area (Å²) in [6.45, 7) is 5.66. The maximum absolute atomic E-state index is 13.2. The molecule has 184 valence electrons. The minimum absolute atomic E-state index is 0.0458. The Kier molecular flexibility index (Phi) is 7.27. The molecule has 4 rings (SSSR count). The fourth-order valence-corrected chi connectivity index (χ4v) is 6.71. The number of non-ortho nitro benzene ring substituents is 1. The van der Waals surface area contributed by atoms with Crippen LogP contribution >= 0.6 is 46.5 Å². The van der Waals surface area contributed by atoms with Gasteiger partial charge in [-0.1, -0.05) is 11.6 Å². The van der Waals surface area contributed by atoms with Crippen molar-refractivity contribution in [2.24, 2.45) is 0 Å². The van der Waals surface area contributed by atoms with Gasteiger partial charge >= 0.3 is 5.97 Å². The Bertz CT molecular complexity index is 1360. The molecule has 0 atom stereocenters. The fraction of sp³-hybridized carbons (Fsp3) is 0.318. The van der Waals surface area contributed by atoms with Crippen LogP contribution in [0.2, 0.25) is 5.02 Å². The first-order valence-electron chi connectivity index (χ1n) is 10.5. The normalized spacial score (nSPS) is 13.7. The summed E-state index contributed by atoms with van der Waals surface area (Å²) in [5.74, 6) is -0.632. The maximum atomic E-state index is 13.2. The number of methoxy groups -OCH3 is 1. The van der Waals surface area contributed by atoms with Crippen LogP contribution in [0, 0.1) is 24.0 Å². The molecule has 1 aliphatic rings. The molecular weight excluding hydrogens is 532 g/mol. The van der Waals surface area contributed by atoms with Crippen LogP contribution in [0.1, 0.15) is 30.5 Å². The van der Waals surface area contributed by atoms with E-state index in [1.54, 1.807) is 11.0 Å². The highest BCUT2D eigenvalue weighted by Crippen LogP contribution is 2.38. The Morgan fingerprint density at radius 2 is 1.83 bits per heavy atom. The number of halogens is 1. The van der Waals surface area contributed by atoms with E-state index in [-0.39, 0.29) is 11.6 Å². The first kappa shape index (κ1) is 25.3. The lowest BCUT2D eigenvalue weighted by Crippen LogP contribution is -2.51. The molecule has 0 radical (unpaired) electrons. The number of nitrogens with one attached hydrogen (secondary N) is 1. The summed E-state index contributed by atoms with van der Waals surface area (Å²) in [5, 5.41) is 16.3. The topological polar surface area (TPSA) is 105 Å². The number of ether oxygens (including phenoxy) is 1. The number of thiophene rings is 2. The van der Waals surface area contributed by atoms with Gasteiger partial charge in [0.1, 0.15) is 9.88 Å². The first-order chi connectivity index (χ1) is 16.6. The third kappa shape index (κ3) is 4.83. The highest BCUT2D eigenvalue weighted by atomic mass is 35.5. The van der Waals surface area contributed by atoms with Gasteiger partial charge in [0.25, 0.3) is 11.6 Å². The van der Waals surface area contributed by atoms with Crippen LogP contribution in [0.15, 0.2) is 18.2 Å². The molecule has 0 spiro atoms. The number of anilines is 1. The van der Waals surface area contributed by atoms with Crippen molar-refractivity contribution >= 4 is 84.3 Å². The van der Waals surface area contributed by atoms with E-state index in [0.29, 0.717) is 61.8 Å². The van der Waals surface area contributed by atoms with E-state index in [4.69, 9.17) is 28.6 Å². The summed E-state index contributed by atoms with van der Waals surface area (Å²) in [7, 11) is 1.34. The Morgan fingerprint density at radius 1 is 1.17 bits per heavy atom. The zero-order valence-electron chi connectivity index (χ0n) is 19.0. The van der Waals surface area contributed by atoms with E-state index in [1.807, 2.05) is 18.7 Å². The van der Waals surface area contributed by atoms with Gasteiger partial charge in [-0.2, -0.15) is 0 Å². The highest BCUT2D eigenvalue weighted by Gasteiger charge is 2.28. The van der Waals surface area contributed by atoms with Crippen molar-refractivity contribution in [3.63, 3.8) is 0 Å². The molecule has 1 aromatic carbocycles. The SMILES string of the molecule is COC(=O)c1c(NC(=S)N2CCN(C(=O)c3sc4cc([N+](=O)[O-])ccc4c3Cl)CC2)sc(C)c1C. The van der Waals surface area contributed by atoms with Crippen LogP contribution in [0.5, 0.6) is 0 Å². The summed E-state index contributed by atoms with van der Waals surface area (Å²) < 4.78 is 5.51. The van der Waals surface area contributed by atoms with E-state index in [2.05, 4.69) is 5.32 Å². The fourth-order valence-electron chi connectivity index (χ4n) is 3.80. The molecule has 0 unspecified atom stereocenters. The maximum Gasteiger partial charge on any atom is 0.341 e. The van der Waals surface area contributed by atoms with Gasteiger partial charge in [0.2, 0.25) is 0 Å². The van der Waals surface area contributed by atoms with Gasteiger partial charge in [0, 0.05) is 53.3 Å². The number of carbonyl (C=O) groups is 2.